The minimum absolute atomic E-state index is 0.0863. The fourth-order valence-corrected chi connectivity index (χ4v) is 7.27. The van der Waals surface area contributed by atoms with Crippen LogP contribution in [0.25, 0.3) is 15.9 Å². The van der Waals surface area contributed by atoms with Gasteiger partial charge in [0.05, 0.1) is 16.3 Å². The van der Waals surface area contributed by atoms with Crippen molar-refractivity contribution in [2.75, 3.05) is 26.2 Å². The van der Waals surface area contributed by atoms with E-state index in [-0.39, 0.29) is 23.1 Å². The largest absolute Gasteiger partial charge is 0.360 e. The fraction of sp³-hybridized carbons (Fsp3) is 0.348. The van der Waals surface area contributed by atoms with Gasteiger partial charge in [-0.05, 0) is 45.4 Å². The lowest BCUT2D eigenvalue weighted by Gasteiger charge is -2.21. The molecule has 4 aromatic rings. The zero-order valence-corrected chi connectivity index (χ0v) is 20.8. The summed E-state index contributed by atoms with van der Waals surface area (Å²) in [5.41, 5.74) is 2.15. The van der Waals surface area contributed by atoms with E-state index >= 15 is 0 Å². The molecule has 1 aromatic carbocycles. The first-order chi connectivity index (χ1) is 16.3. The first kappa shape index (κ1) is 22.8. The molecule has 3 aromatic heterocycles. The minimum Gasteiger partial charge on any atom is -0.360 e. The third-order valence-electron chi connectivity index (χ3n) is 6.06. The van der Waals surface area contributed by atoms with Crippen LogP contribution in [0.4, 0.5) is 0 Å². The van der Waals surface area contributed by atoms with Crippen LogP contribution < -0.4 is 0 Å². The zero-order valence-electron chi connectivity index (χ0n) is 19.2. The van der Waals surface area contributed by atoms with Gasteiger partial charge in [-0.25, -0.2) is 13.1 Å². The molecular weight excluding hydrogens is 474 g/mol. The third-order valence-corrected chi connectivity index (χ3v) is 9.31. The van der Waals surface area contributed by atoms with E-state index in [1.54, 1.807) is 18.7 Å². The molecule has 0 saturated carbocycles. The van der Waals surface area contributed by atoms with Gasteiger partial charge in [-0.1, -0.05) is 23.4 Å². The Kier molecular flexibility index (Phi) is 5.78. The van der Waals surface area contributed by atoms with Crippen molar-refractivity contribution >= 4 is 37.5 Å². The molecular formula is C23H25N5O4S2. The maximum Gasteiger partial charge on any atom is 0.264 e. The van der Waals surface area contributed by atoms with Gasteiger partial charge in [-0.2, -0.15) is 9.40 Å². The molecule has 4 heterocycles. The molecule has 11 heteroatoms. The smallest absolute Gasteiger partial charge is 0.264 e. The Morgan fingerprint density at radius 3 is 2.50 bits per heavy atom. The lowest BCUT2D eigenvalue weighted by atomic mass is 10.3. The van der Waals surface area contributed by atoms with E-state index in [1.165, 1.54) is 15.6 Å². The molecule has 0 aliphatic carbocycles. The van der Waals surface area contributed by atoms with Gasteiger partial charge >= 0.3 is 0 Å². The second-order valence-corrected chi connectivity index (χ2v) is 11.3. The average molecular weight is 500 g/mol. The molecule has 0 atom stereocenters. The quantitative estimate of drug-likeness (QED) is 0.426. The number of thiophene rings is 1. The highest BCUT2D eigenvalue weighted by molar-refractivity contribution is 7.89. The summed E-state index contributed by atoms with van der Waals surface area (Å²) < 4.78 is 34.8. The molecule has 1 fully saturated rings. The molecule has 1 saturated heterocycles. The molecule has 1 amide bonds. The van der Waals surface area contributed by atoms with Gasteiger partial charge in [0.1, 0.15) is 15.4 Å². The third kappa shape index (κ3) is 3.83. The van der Waals surface area contributed by atoms with E-state index in [2.05, 4.69) is 10.3 Å². The number of carbonyl (C=O) groups excluding carboxylic acids is 1. The van der Waals surface area contributed by atoms with Crippen molar-refractivity contribution in [3.8, 4) is 5.69 Å². The van der Waals surface area contributed by atoms with Crippen molar-refractivity contribution in [1.29, 1.82) is 0 Å². The van der Waals surface area contributed by atoms with Gasteiger partial charge in [0.2, 0.25) is 10.0 Å². The predicted molar refractivity (Wildman–Crippen MR) is 129 cm³/mol. The molecule has 0 bridgehead atoms. The number of hydrogen-bond acceptors (Lipinski definition) is 7. The monoisotopic (exact) mass is 499 g/mol. The van der Waals surface area contributed by atoms with Gasteiger partial charge in [0, 0.05) is 31.6 Å². The highest BCUT2D eigenvalue weighted by Gasteiger charge is 2.33. The fourth-order valence-electron chi connectivity index (χ4n) is 4.36. The van der Waals surface area contributed by atoms with Crippen LogP contribution in [0.5, 0.6) is 0 Å². The molecule has 5 rings (SSSR count). The first-order valence-corrected chi connectivity index (χ1v) is 13.3. The molecule has 178 valence electrons. The van der Waals surface area contributed by atoms with Crippen LogP contribution in [-0.4, -0.2) is 64.6 Å². The van der Waals surface area contributed by atoms with E-state index in [0.29, 0.717) is 36.6 Å². The predicted octanol–water partition coefficient (Wildman–Crippen LogP) is 3.54. The Balaban J connectivity index is 1.38. The molecule has 0 radical (unpaired) electrons. The summed E-state index contributed by atoms with van der Waals surface area (Å²) in [5.74, 6) is 0.194. The van der Waals surface area contributed by atoms with Gasteiger partial charge in [-0.15, -0.1) is 11.3 Å². The first-order valence-electron chi connectivity index (χ1n) is 11.0. The lowest BCUT2D eigenvalue weighted by molar-refractivity contribution is 0.0769. The Morgan fingerprint density at radius 2 is 1.79 bits per heavy atom. The van der Waals surface area contributed by atoms with Crippen LogP contribution in [-0.2, 0) is 10.0 Å². The van der Waals surface area contributed by atoms with E-state index in [1.807, 2.05) is 48.0 Å². The summed E-state index contributed by atoms with van der Waals surface area (Å²) in [6.45, 7) is 6.53. The van der Waals surface area contributed by atoms with Crippen LogP contribution >= 0.6 is 11.3 Å². The number of aromatic nitrogens is 3. The number of carbonyl (C=O) groups is 1. The Labute approximate surface area is 201 Å². The Hall–Kier alpha value is -3.02. The van der Waals surface area contributed by atoms with Crippen molar-refractivity contribution in [3.05, 3.63) is 58.4 Å². The van der Waals surface area contributed by atoms with Crippen molar-refractivity contribution in [2.45, 2.75) is 32.1 Å². The summed E-state index contributed by atoms with van der Waals surface area (Å²) in [4.78, 5) is 16.8. The number of benzene rings is 1. The van der Waals surface area contributed by atoms with Crippen LogP contribution in [0, 0.1) is 20.8 Å². The minimum atomic E-state index is -3.74. The number of rotatable bonds is 4. The summed E-state index contributed by atoms with van der Waals surface area (Å²) in [5, 5.41) is 9.38. The summed E-state index contributed by atoms with van der Waals surface area (Å²) in [6, 6.07) is 11.7. The SMILES string of the molecule is Cc1noc(C)c1S(=O)(=O)N1CCCN(C(=O)c2cc3c(C)nn(-c4ccccc4)c3s2)CC1. The van der Waals surface area contributed by atoms with E-state index < -0.39 is 10.0 Å². The average Bonchev–Trinajstić information content (AvgIpc) is 3.41. The summed E-state index contributed by atoms with van der Waals surface area (Å²) >= 11 is 1.41. The molecule has 0 unspecified atom stereocenters. The van der Waals surface area contributed by atoms with Crippen molar-refractivity contribution in [1.82, 2.24) is 24.1 Å². The number of para-hydroxylation sites is 1. The van der Waals surface area contributed by atoms with Gasteiger partial charge < -0.3 is 9.42 Å². The number of sulfonamides is 1. The molecule has 9 nitrogen and oxygen atoms in total. The van der Waals surface area contributed by atoms with Crippen LogP contribution in [0.2, 0.25) is 0 Å². The standard InChI is InChI=1S/C23H25N5O4S2/c1-15-19-14-20(33-23(19)28(24-15)18-8-5-4-6-9-18)22(29)26-10-7-11-27(13-12-26)34(30,31)21-16(2)25-32-17(21)3/h4-6,8-9,14H,7,10-13H2,1-3H3. The summed E-state index contributed by atoms with van der Waals surface area (Å²) in [6.07, 6.45) is 0.552. The van der Waals surface area contributed by atoms with E-state index in [4.69, 9.17) is 4.52 Å². The van der Waals surface area contributed by atoms with Crippen molar-refractivity contribution < 1.29 is 17.7 Å². The maximum absolute atomic E-state index is 13.4. The normalized spacial score (nSPS) is 15.7. The lowest BCUT2D eigenvalue weighted by Crippen LogP contribution is -2.37. The van der Waals surface area contributed by atoms with Gasteiger partial charge in [-0.3, -0.25) is 4.79 Å². The molecule has 1 aliphatic heterocycles. The second kappa shape index (κ2) is 8.64. The molecule has 0 N–H and O–H groups in total. The molecule has 1 aliphatic rings. The highest BCUT2D eigenvalue weighted by atomic mass is 32.2. The van der Waals surface area contributed by atoms with Crippen LogP contribution in [0.3, 0.4) is 0 Å². The van der Waals surface area contributed by atoms with Gasteiger partial charge in [0.15, 0.2) is 5.76 Å². The van der Waals surface area contributed by atoms with Crippen LogP contribution in [0.1, 0.15) is 33.2 Å². The Morgan fingerprint density at radius 1 is 1.03 bits per heavy atom. The number of hydrogen-bond donors (Lipinski definition) is 0. The highest BCUT2D eigenvalue weighted by Crippen LogP contribution is 2.31. The van der Waals surface area contributed by atoms with Crippen molar-refractivity contribution in [3.63, 3.8) is 0 Å². The maximum atomic E-state index is 13.4. The van der Waals surface area contributed by atoms with Gasteiger partial charge in [0.25, 0.3) is 5.91 Å². The topological polar surface area (TPSA) is 102 Å². The van der Waals surface area contributed by atoms with Crippen molar-refractivity contribution in [2.24, 2.45) is 0 Å². The van der Waals surface area contributed by atoms with E-state index in [9.17, 15) is 13.2 Å². The number of aryl methyl sites for hydroxylation is 3. The number of amides is 1. The van der Waals surface area contributed by atoms with E-state index in [0.717, 1.165) is 21.6 Å². The second-order valence-electron chi connectivity index (χ2n) is 8.37. The molecule has 34 heavy (non-hydrogen) atoms. The molecule has 0 spiro atoms. The Bertz CT molecular complexity index is 1450. The zero-order chi connectivity index (χ0) is 24.0. The van der Waals surface area contributed by atoms with Crippen LogP contribution in [0.15, 0.2) is 45.8 Å². The number of nitrogens with zero attached hydrogens (tertiary/aromatic N) is 5. The number of fused-ring (bicyclic) bond motifs is 1. The summed E-state index contributed by atoms with van der Waals surface area (Å²) in [7, 11) is -3.74.